The van der Waals surface area contributed by atoms with Gasteiger partial charge in [0.05, 0.1) is 24.4 Å². The Morgan fingerprint density at radius 2 is 1.39 bits per heavy atom. The highest BCUT2D eigenvalue weighted by molar-refractivity contribution is 6.05. The van der Waals surface area contributed by atoms with Crippen LogP contribution in [0, 0.1) is 0 Å². The first-order valence-corrected chi connectivity index (χ1v) is 11.8. The average Bonchev–Trinajstić information content (AvgIpc) is 3.50. The number of carboxylic acids is 1. The first kappa shape index (κ1) is 23.0. The van der Waals surface area contributed by atoms with Gasteiger partial charge in [-0.25, -0.2) is 4.79 Å². The maximum Gasteiger partial charge on any atom is 0.335 e. The van der Waals surface area contributed by atoms with Crippen molar-refractivity contribution in [2.24, 2.45) is 0 Å². The highest BCUT2D eigenvalue weighted by Crippen LogP contribution is 2.42. The minimum absolute atomic E-state index is 0.102. The van der Waals surface area contributed by atoms with E-state index in [0.29, 0.717) is 35.1 Å². The molecule has 7 nitrogen and oxygen atoms in total. The van der Waals surface area contributed by atoms with Crippen molar-refractivity contribution in [2.75, 3.05) is 11.9 Å². The molecule has 2 aliphatic rings. The fourth-order valence-corrected chi connectivity index (χ4v) is 4.44. The minimum Gasteiger partial charge on any atom is -0.487 e. The van der Waals surface area contributed by atoms with Gasteiger partial charge in [-0.15, -0.1) is 0 Å². The standard InChI is InChI=1S/C26H31NO6/c1-2-31-24-22(32-20-7-3-4-8-20)15-18(16-23(24)33-21-9-5-6-10-21)25(28)27-19-13-11-17(12-14-19)26(29)30/h11-16,20-21H,2-10H2,1H3,(H,27,28)(H,29,30). The first-order valence-electron chi connectivity index (χ1n) is 11.8. The number of hydrogen-bond acceptors (Lipinski definition) is 5. The molecule has 0 spiro atoms. The third kappa shape index (κ3) is 5.78. The Bertz CT molecular complexity index is 936. The Balaban J connectivity index is 1.63. The molecule has 7 heteroatoms. The van der Waals surface area contributed by atoms with E-state index in [2.05, 4.69) is 5.32 Å². The second-order valence-electron chi connectivity index (χ2n) is 8.62. The van der Waals surface area contributed by atoms with Crippen molar-refractivity contribution in [2.45, 2.75) is 70.5 Å². The van der Waals surface area contributed by atoms with Crippen molar-refractivity contribution in [1.82, 2.24) is 0 Å². The topological polar surface area (TPSA) is 94.1 Å². The molecule has 4 rings (SSSR count). The van der Waals surface area contributed by atoms with Crippen LogP contribution in [0.5, 0.6) is 17.2 Å². The van der Waals surface area contributed by atoms with Crippen LogP contribution in [0.3, 0.4) is 0 Å². The van der Waals surface area contributed by atoms with Gasteiger partial charge in [0.1, 0.15) is 0 Å². The zero-order valence-electron chi connectivity index (χ0n) is 19.0. The number of amides is 1. The molecule has 2 fully saturated rings. The lowest BCUT2D eigenvalue weighted by Gasteiger charge is -2.22. The van der Waals surface area contributed by atoms with Crippen molar-refractivity contribution in [3.8, 4) is 17.2 Å². The quantitative estimate of drug-likeness (QED) is 0.507. The van der Waals surface area contributed by atoms with Crippen molar-refractivity contribution in [1.29, 1.82) is 0 Å². The number of carbonyl (C=O) groups is 2. The van der Waals surface area contributed by atoms with Crippen molar-refractivity contribution in [3.05, 3.63) is 47.5 Å². The zero-order chi connectivity index (χ0) is 23.2. The van der Waals surface area contributed by atoms with E-state index in [9.17, 15) is 9.59 Å². The van der Waals surface area contributed by atoms with E-state index in [-0.39, 0.29) is 23.7 Å². The molecule has 0 aliphatic heterocycles. The molecule has 2 aromatic carbocycles. The number of aromatic carboxylic acids is 1. The van der Waals surface area contributed by atoms with Gasteiger partial charge in [0, 0.05) is 11.3 Å². The summed E-state index contributed by atoms with van der Waals surface area (Å²) in [6.45, 7) is 2.38. The molecule has 2 saturated carbocycles. The summed E-state index contributed by atoms with van der Waals surface area (Å²) in [4.78, 5) is 24.2. The largest absolute Gasteiger partial charge is 0.487 e. The van der Waals surface area contributed by atoms with E-state index in [4.69, 9.17) is 19.3 Å². The zero-order valence-corrected chi connectivity index (χ0v) is 19.0. The van der Waals surface area contributed by atoms with Crippen LogP contribution in [0.15, 0.2) is 36.4 Å². The van der Waals surface area contributed by atoms with Crippen LogP contribution in [0.25, 0.3) is 0 Å². The number of ether oxygens (including phenoxy) is 3. The normalized spacial score (nSPS) is 16.5. The predicted octanol–water partition coefficient (Wildman–Crippen LogP) is 5.68. The summed E-state index contributed by atoms with van der Waals surface area (Å²) in [5.74, 6) is 0.283. The highest BCUT2D eigenvalue weighted by Gasteiger charge is 2.26. The Morgan fingerprint density at radius 1 is 0.879 bits per heavy atom. The van der Waals surface area contributed by atoms with Gasteiger partial charge in [-0.1, -0.05) is 0 Å². The van der Waals surface area contributed by atoms with Gasteiger partial charge >= 0.3 is 5.97 Å². The predicted molar refractivity (Wildman–Crippen MR) is 125 cm³/mol. The smallest absolute Gasteiger partial charge is 0.335 e. The fourth-order valence-electron chi connectivity index (χ4n) is 4.44. The summed E-state index contributed by atoms with van der Waals surface area (Å²) in [6, 6.07) is 9.49. The molecule has 33 heavy (non-hydrogen) atoms. The second-order valence-corrected chi connectivity index (χ2v) is 8.62. The fraction of sp³-hybridized carbons (Fsp3) is 0.462. The summed E-state index contributed by atoms with van der Waals surface area (Å²) < 4.78 is 18.5. The van der Waals surface area contributed by atoms with E-state index in [1.807, 2.05) is 6.92 Å². The van der Waals surface area contributed by atoms with E-state index in [1.165, 1.54) is 12.1 Å². The molecule has 2 aromatic rings. The molecule has 176 valence electrons. The van der Waals surface area contributed by atoms with Gasteiger partial charge in [-0.05, 0) is 94.7 Å². The van der Waals surface area contributed by atoms with E-state index in [0.717, 1.165) is 51.4 Å². The average molecular weight is 454 g/mol. The molecular weight excluding hydrogens is 422 g/mol. The molecule has 1 amide bonds. The molecule has 0 unspecified atom stereocenters. The number of benzene rings is 2. The van der Waals surface area contributed by atoms with Gasteiger partial charge < -0.3 is 24.6 Å². The van der Waals surface area contributed by atoms with Gasteiger partial charge in [0.2, 0.25) is 5.75 Å². The molecule has 0 aromatic heterocycles. The summed E-state index contributed by atoms with van der Waals surface area (Å²) >= 11 is 0. The minimum atomic E-state index is -1.01. The lowest BCUT2D eigenvalue weighted by Crippen LogP contribution is -2.17. The van der Waals surface area contributed by atoms with E-state index in [1.54, 1.807) is 24.3 Å². The summed E-state index contributed by atoms with van der Waals surface area (Å²) in [5, 5.41) is 11.9. The maximum atomic E-state index is 13.1. The second kappa shape index (κ2) is 10.6. The number of carboxylic acid groups (broad SMARTS) is 1. The van der Waals surface area contributed by atoms with Crippen LogP contribution in [0.4, 0.5) is 5.69 Å². The van der Waals surface area contributed by atoms with E-state index < -0.39 is 5.97 Å². The summed E-state index contributed by atoms with van der Waals surface area (Å²) in [6.07, 6.45) is 8.66. The first-order chi connectivity index (χ1) is 16.0. The maximum absolute atomic E-state index is 13.1. The number of rotatable bonds is 9. The Morgan fingerprint density at radius 3 is 1.85 bits per heavy atom. The highest BCUT2D eigenvalue weighted by atomic mass is 16.5. The molecule has 0 saturated heterocycles. The van der Waals surface area contributed by atoms with Gasteiger partial charge in [-0.3, -0.25) is 4.79 Å². The number of carbonyl (C=O) groups excluding carboxylic acids is 1. The summed E-state index contributed by atoms with van der Waals surface area (Å²) in [5.41, 5.74) is 1.07. The van der Waals surface area contributed by atoms with Crippen LogP contribution >= 0.6 is 0 Å². The molecular formula is C26H31NO6. The monoisotopic (exact) mass is 453 g/mol. The van der Waals surface area contributed by atoms with Gasteiger partial charge in [0.15, 0.2) is 11.5 Å². The molecule has 0 atom stereocenters. The molecule has 0 radical (unpaired) electrons. The van der Waals surface area contributed by atoms with Crippen molar-refractivity contribution >= 4 is 17.6 Å². The van der Waals surface area contributed by atoms with Crippen LogP contribution in [0.1, 0.15) is 79.0 Å². The molecule has 2 aliphatic carbocycles. The number of nitrogens with one attached hydrogen (secondary N) is 1. The van der Waals surface area contributed by atoms with Crippen molar-refractivity contribution < 1.29 is 28.9 Å². The molecule has 2 N–H and O–H groups in total. The van der Waals surface area contributed by atoms with Crippen LogP contribution in [-0.2, 0) is 0 Å². The van der Waals surface area contributed by atoms with Crippen LogP contribution < -0.4 is 19.5 Å². The Kier molecular flexibility index (Phi) is 7.37. The SMILES string of the molecule is CCOc1c(OC2CCCC2)cc(C(=O)Nc2ccc(C(=O)O)cc2)cc1OC1CCCC1. The lowest BCUT2D eigenvalue weighted by molar-refractivity contribution is 0.0696. The number of hydrogen-bond donors (Lipinski definition) is 2. The Labute approximate surface area is 194 Å². The van der Waals surface area contributed by atoms with Crippen molar-refractivity contribution in [3.63, 3.8) is 0 Å². The third-order valence-electron chi connectivity index (χ3n) is 6.15. The van der Waals surface area contributed by atoms with Crippen LogP contribution in [-0.4, -0.2) is 35.8 Å². The third-order valence-corrected chi connectivity index (χ3v) is 6.15. The van der Waals surface area contributed by atoms with Crippen LogP contribution in [0.2, 0.25) is 0 Å². The molecule has 0 heterocycles. The number of anilines is 1. The van der Waals surface area contributed by atoms with E-state index >= 15 is 0 Å². The Hall–Kier alpha value is -3.22. The van der Waals surface area contributed by atoms with Gasteiger partial charge in [0.25, 0.3) is 5.91 Å². The molecule has 0 bridgehead atoms. The van der Waals surface area contributed by atoms with Gasteiger partial charge in [-0.2, -0.15) is 0 Å². The summed E-state index contributed by atoms with van der Waals surface area (Å²) in [7, 11) is 0. The lowest BCUT2D eigenvalue weighted by atomic mass is 10.1.